The zero-order valence-corrected chi connectivity index (χ0v) is 20.0. The molecule has 1 aliphatic rings. The highest BCUT2D eigenvalue weighted by atomic mass is 19.1. The van der Waals surface area contributed by atoms with Crippen molar-refractivity contribution in [3.8, 4) is 0 Å². The molecule has 1 heterocycles. The Hall–Kier alpha value is -3.48. The summed E-state index contributed by atoms with van der Waals surface area (Å²) < 4.78 is 15.3. The number of nitrogens with zero attached hydrogens (tertiary/aromatic N) is 2. The van der Waals surface area contributed by atoms with Gasteiger partial charge in [0.2, 0.25) is 0 Å². The molecule has 1 saturated heterocycles. The largest absolute Gasteiger partial charge is 0.398 e. The summed E-state index contributed by atoms with van der Waals surface area (Å²) in [5.41, 5.74) is 9.42. The van der Waals surface area contributed by atoms with Crippen molar-refractivity contribution in [1.82, 2.24) is 9.80 Å². The Labute approximate surface area is 194 Å². The van der Waals surface area contributed by atoms with Crippen LogP contribution in [0.4, 0.5) is 4.39 Å². The van der Waals surface area contributed by atoms with Gasteiger partial charge in [-0.3, -0.25) is 15.0 Å². The van der Waals surface area contributed by atoms with Crippen molar-refractivity contribution in [1.29, 1.82) is 5.41 Å². The van der Waals surface area contributed by atoms with E-state index in [2.05, 4.69) is 0 Å². The van der Waals surface area contributed by atoms with E-state index in [-0.39, 0.29) is 30.4 Å². The van der Waals surface area contributed by atoms with Gasteiger partial charge in [0, 0.05) is 36.5 Å². The summed E-state index contributed by atoms with van der Waals surface area (Å²) >= 11 is 0. The fraction of sp³-hybridized carbons (Fsp3) is 0.346. The molecule has 0 saturated carbocycles. The molecular weight excluding hydrogens is 419 g/mol. The van der Waals surface area contributed by atoms with Gasteiger partial charge in [-0.1, -0.05) is 35.9 Å². The van der Waals surface area contributed by atoms with Crippen LogP contribution in [0.3, 0.4) is 0 Å². The van der Waals surface area contributed by atoms with Gasteiger partial charge in [0.05, 0.1) is 13.1 Å². The van der Waals surface area contributed by atoms with Crippen molar-refractivity contribution < 1.29 is 14.0 Å². The molecule has 7 heteroatoms. The van der Waals surface area contributed by atoms with Crippen LogP contribution in [0.1, 0.15) is 45.1 Å². The van der Waals surface area contributed by atoms with Gasteiger partial charge in [-0.05, 0) is 50.5 Å². The Morgan fingerprint density at radius 3 is 2.12 bits per heavy atom. The number of hydrogen-bond donors (Lipinski definition) is 2. The van der Waals surface area contributed by atoms with Gasteiger partial charge in [0.15, 0.2) is 5.67 Å². The molecule has 33 heavy (non-hydrogen) atoms. The van der Waals surface area contributed by atoms with Crippen LogP contribution in [-0.4, -0.2) is 54.5 Å². The summed E-state index contributed by atoms with van der Waals surface area (Å²) in [7, 11) is 3.14. The van der Waals surface area contributed by atoms with Gasteiger partial charge in [-0.2, -0.15) is 0 Å². The number of likely N-dealkylation sites (tertiary alicyclic amines) is 1. The van der Waals surface area contributed by atoms with Crippen LogP contribution in [0, 0.1) is 26.2 Å². The molecule has 1 aliphatic heterocycles. The van der Waals surface area contributed by atoms with E-state index in [1.54, 1.807) is 39.2 Å². The SMILES string of the molecule is C/C(C(=N)C(=O)N(C)C)=C(/N)c1cc(C(=O)N2CC(F)(c3ccc(C)cc3)C2)c(C)cc1C. The third kappa shape index (κ3) is 4.53. The van der Waals surface area contributed by atoms with E-state index in [4.69, 9.17) is 11.1 Å². The van der Waals surface area contributed by atoms with Crippen LogP contribution in [0.5, 0.6) is 0 Å². The van der Waals surface area contributed by atoms with Crippen molar-refractivity contribution in [2.45, 2.75) is 33.4 Å². The average molecular weight is 451 g/mol. The van der Waals surface area contributed by atoms with Gasteiger partial charge in [0.1, 0.15) is 5.71 Å². The van der Waals surface area contributed by atoms with Crippen LogP contribution >= 0.6 is 0 Å². The summed E-state index contributed by atoms with van der Waals surface area (Å²) in [5.74, 6) is -0.716. The molecule has 0 unspecified atom stereocenters. The molecule has 1 fully saturated rings. The smallest absolute Gasteiger partial charge is 0.271 e. The second kappa shape index (κ2) is 8.81. The summed E-state index contributed by atoms with van der Waals surface area (Å²) in [6, 6.07) is 10.8. The number of amides is 2. The zero-order valence-electron chi connectivity index (χ0n) is 20.0. The van der Waals surface area contributed by atoms with Crippen molar-refractivity contribution >= 4 is 23.2 Å². The quantitative estimate of drug-likeness (QED) is 0.680. The first-order chi connectivity index (χ1) is 15.4. The summed E-state index contributed by atoms with van der Waals surface area (Å²) in [6.45, 7) is 7.24. The van der Waals surface area contributed by atoms with Gasteiger partial charge < -0.3 is 15.5 Å². The van der Waals surface area contributed by atoms with Crippen molar-refractivity contribution in [2.75, 3.05) is 27.2 Å². The first kappa shape index (κ1) is 24.2. The Kier molecular flexibility index (Phi) is 6.45. The Bertz CT molecular complexity index is 1160. The standard InChI is InChI=1S/C26H31FN4O2/c1-15-7-9-19(10-8-15)26(27)13-31(14-26)24(32)21-12-20(16(2)11-17(21)3)22(28)18(4)23(29)25(33)30(5)6/h7-12,29H,13-14,28H2,1-6H3/b22-18-,29-23?. The van der Waals surface area contributed by atoms with Crippen molar-refractivity contribution in [3.05, 3.63) is 75.4 Å². The number of nitrogens with one attached hydrogen (secondary N) is 1. The molecule has 0 radical (unpaired) electrons. The fourth-order valence-electron chi connectivity index (χ4n) is 4.00. The lowest BCUT2D eigenvalue weighted by molar-refractivity contribution is -0.121. The average Bonchev–Trinajstić information content (AvgIpc) is 2.75. The summed E-state index contributed by atoms with van der Waals surface area (Å²) in [6.07, 6.45) is 0. The molecule has 0 spiro atoms. The van der Waals surface area contributed by atoms with E-state index in [0.717, 1.165) is 16.7 Å². The number of carbonyl (C=O) groups is 2. The molecular formula is C26H31FN4O2. The number of hydrogen-bond acceptors (Lipinski definition) is 4. The lowest BCUT2D eigenvalue weighted by atomic mass is 9.86. The minimum atomic E-state index is -1.55. The zero-order chi connectivity index (χ0) is 24.7. The molecule has 0 aliphatic carbocycles. The van der Waals surface area contributed by atoms with E-state index >= 15 is 4.39 Å². The molecule has 6 nitrogen and oxygen atoms in total. The number of carbonyl (C=O) groups excluding carboxylic acids is 2. The normalized spacial score (nSPS) is 15.4. The highest BCUT2D eigenvalue weighted by molar-refractivity contribution is 6.44. The first-order valence-corrected chi connectivity index (χ1v) is 10.8. The second-order valence-electron chi connectivity index (χ2n) is 9.09. The van der Waals surface area contributed by atoms with Gasteiger partial charge in [-0.15, -0.1) is 0 Å². The van der Waals surface area contributed by atoms with Crippen LogP contribution in [0.15, 0.2) is 42.0 Å². The van der Waals surface area contributed by atoms with Gasteiger partial charge in [0.25, 0.3) is 11.8 Å². The molecule has 0 aromatic heterocycles. The van der Waals surface area contributed by atoms with E-state index in [0.29, 0.717) is 22.3 Å². The first-order valence-electron chi connectivity index (χ1n) is 10.8. The Balaban J connectivity index is 1.88. The number of alkyl halides is 1. The van der Waals surface area contributed by atoms with Crippen LogP contribution in [-0.2, 0) is 10.5 Å². The number of halogens is 1. The molecule has 0 atom stereocenters. The topological polar surface area (TPSA) is 90.5 Å². The van der Waals surface area contributed by atoms with Gasteiger partial charge in [-0.25, -0.2) is 4.39 Å². The van der Waals surface area contributed by atoms with E-state index in [9.17, 15) is 9.59 Å². The molecule has 2 aromatic rings. The highest BCUT2D eigenvalue weighted by Crippen LogP contribution is 2.37. The van der Waals surface area contributed by atoms with Gasteiger partial charge >= 0.3 is 0 Å². The van der Waals surface area contributed by atoms with Crippen molar-refractivity contribution in [3.63, 3.8) is 0 Å². The Morgan fingerprint density at radius 1 is 1.03 bits per heavy atom. The van der Waals surface area contributed by atoms with Crippen LogP contribution in [0.2, 0.25) is 0 Å². The second-order valence-corrected chi connectivity index (χ2v) is 9.09. The summed E-state index contributed by atoms with van der Waals surface area (Å²) in [5, 5.41) is 8.16. The lowest BCUT2D eigenvalue weighted by Crippen LogP contribution is -2.58. The molecule has 3 N–H and O–H groups in total. The van der Waals surface area contributed by atoms with E-state index in [1.165, 1.54) is 9.80 Å². The number of rotatable bonds is 5. The number of aryl methyl sites for hydroxylation is 3. The molecule has 174 valence electrons. The predicted molar refractivity (Wildman–Crippen MR) is 129 cm³/mol. The maximum absolute atomic E-state index is 15.3. The maximum atomic E-state index is 15.3. The third-order valence-corrected chi connectivity index (χ3v) is 6.23. The lowest BCUT2D eigenvalue weighted by Gasteiger charge is -2.45. The fourth-order valence-corrected chi connectivity index (χ4v) is 4.00. The molecule has 0 bridgehead atoms. The monoisotopic (exact) mass is 450 g/mol. The minimum absolute atomic E-state index is 0.0100. The number of nitrogens with two attached hydrogens (primary N) is 1. The minimum Gasteiger partial charge on any atom is -0.398 e. The Morgan fingerprint density at radius 2 is 1.58 bits per heavy atom. The predicted octanol–water partition coefficient (Wildman–Crippen LogP) is 3.73. The van der Waals surface area contributed by atoms with E-state index < -0.39 is 11.6 Å². The summed E-state index contributed by atoms with van der Waals surface area (Å²) in [4.78, 5) is 28.2. The highest BCUT2D eigenvalue weighted by Gasteiger charge is 2.47. The van der Waals surface area contributed by atoms with Crippen LogP contribution < -0.4 is 5.73 Å². The van der Waals surface area contributed by atoms with E-state index in [1.807, 2.05) is 39.0 Å². The van der Waals surface area contributed by atoms with Crippen LogP contribution in [0.25, 0.3) is 5.70 Å². The maximum Gasteiger partial charge on any atom is 0.271 e. The molecule has 2 amide bonds. The molecule has 3 rings (SSSR count). The van der Waals surface area contributed by atoms with Crippen molar-refractivity contribution in [2.24, 2.45) is 5.73 Å². The molecule has 2 aromatic carbocycles. The number of benzene rings is 2. The third-order valence-electron chi connectivity index (χ3n) is 6.23.